The van der Waals surface area contributed by atoms with E-state index < -0.39 is 54.3 Å². The van der Waals surface area contributed by atoms with Gasteiger partial charge in [-0.3, -0.25) is 14.4 Å². The van der Waals surface area contributed by atoms with Crippen molar-refractivity contribution >= 4 is 30.3 Å². The molecule has 0 saturated carbocycles. The topological polar surface area (TPSA) is 145 Å². The highest BCUT2D eigenvalue weighted by Gasteiger charge is 2.50. The summed E-state index contributed by atoms with van der Waals surface area (Å²) in [5.74, 6) is -2.33. The molecule has 33 heavy (non-hydrogen) atoms. The van der Waals surface area contributed by atoms with E-state index in [2.05, 4.69) is 10.3 Å². The van der Waals surface area contributed by atoms with Crippen LogP contribution in [0.25, 0.3) is 11.3 Å². The highest BCUT2D eigenvalue weighted by Crippen LogP contribution is 2.34. The van der Waals surface area contributed by atoms with Gasteiger partial charge in [0.25, 0.3) is 0 Å². The van der Waals surface area contributed by atoms with Crippen molar-refractivity contribution < 1.29 is 37.7 Å². The van der Waals surface area contributed by atoms with Gasteiger partial charge < -0.3 is 24.7 Å². The number of hydrogen-bond donors (Lipinski definition) is 1. The van der Waals surface area contributed by atoms with Crippen LogP contribution >= 0.6 is 12.4 Å². The fourth-order valence-electron chi connectivity index (χ4n) is 3.46. The van der Waals surface area contributed by atoms with E-state index in [4.69, 9.17) is 24.7 Å². The number of hydrogen-bond acceptors (Lipinski definition) is 10. The molecule has 3 rings (SSSR count). The second-order valence-electron chi connectivity index (χ2n) is 7.17. The van der Waals surface area contributed by atoms with Crippen LogP contribution in [0.4, 0.5) is 4.39 Å². The summed E-state index contributed by atoms with van der Waals surface area (Å²) in [4.78, 5) is 34.9. The van der Waals surface area contributed by atoms with Gasteiger partial charge in [-0.25, -0.2) is 9.07 Å². The maximum absolute atomic E-state index is 13.6. The van der Waals surface area contributed by atoms with Crippen LogP contribution in [0.15, 0.2) is 30.5 Å². The number of esters is 3. The van der Waals surface area contributed by atoms with E-state index in [1.807, 2.05) is 0 Å². The second kappa shape index (κ2) is 11.2. The van der Waals surface area contributed by atoms with E-state index in [0.29, 0.717) is 11.3 Å². The van der Waals surface area contributed by atoms with Gasteiger partial charge in [-0.05, 0) is 12.1 Å². The second-order valence-corrected chi connectivity index (χ2v) is 7.17. The first-order valence-electron chi connectivity index (χ1n) is 9.72. The number of nitrogens with two attached hydrogens (primary N) is 1. The largest absolute Gasteiger partial charge is 0.463 e. The number of aromatic nitrogens is 3. The Kier molecular flexibility index (Phi) is 8.85. The van der Waals surface area contributed by atoms with Crippen LogP contribution in [0, 0.1) is 5.82 Å². The van der Waals surface area contributed by atoms with Crippen LogP contribution in [0.3, 0.4) is 0 Å². The summed E-state index contributed by atoms with van der Waals surface area (Å²) in [6, 6.07) is 4.76. The molecule has 1 unspecified atom stereocenters. The van der Waals surface area contributed by atoms with E-state index in [9.17, 15) is 18.8 Å². The molecular formula is C20H24ClFN4O7. The Morgan fingerprint density at radius 1 is 1.12 bits per heavy atom. The summed E-state index contributed by atoms with van der Waals surface area (Å²) in [6.07, 6.45) is -2.87. The molecule has 2 aromatic rings. The van der Waals surface area contributed by atoms with Crippen molar-refractivity contribution in [2.24, 2.45) is 5.73 Å². The zero-order valence-corrected chi connectivity index (χ0v) is 18.9. The number of ether oxygens (including phenoxy) is 4. The van der Waals surface area contributed by atoms with Crippen molar-refractivity contribution in [1.82, 2.24) is 15.0 Å². The Bertz CT molecular complexity index is 1000. The summed E-state index contributed by atoms with van der Waals surface area (Å²) in [7, 11) is 0. The zero-order valence-electron chi connectivity index (χ0n) is 18.0. The van der Waals surface area contributed by atoms with Crippen LogP contribution in [0.2, 0.25) is 0 Å². The van der Waals surface area contributed by atoms with Crippen molar-refractivity contribution in [3.05, 3.63) is 36.3 Å². The lowest BCUT2D eigenvalue weighted by atomic mass is 9.95. The lowest BCUT2D eigenvalue weighted by molar-refractivity contribution is -0.227. The van der Waals surface area contributed by atoms with Gasteiger partial charge in [0.05, 0.1) is 6.20 Å². The van der Waals surface area contributed by atoms with E-state index in [1.165, 1.54) is 49.8 Å². The van der Waals surface area contributed by atoms with Gasteiger partial charge in [-0.1, -0.05) is 17.3 Å². The van der Waals surface area contributed by atoms with Gasteiger partial charge in [-0.2, -0.15) is 0 Å². The van der Waals surface area contributed by atoms with Gasteiger partial charge in [0, 0.05) is 26.3 Å². The normalized spacial score (nSPS) is 24.3. The Labute approximate surface area is 194 Å². The summed E-state index contributed by atoms with van der Waals surface area (Å²) >= 11 is 0. The first kappa shape index (κ1) is 26.2. The quantitative estimate of drug-likeness (QED) is 0.466. The smallest absolute Gasteiger partial charge is 0.303 e. The lowest BCUT2D eigenvalue weighted by Gasteiger charge is -2.43. The Morgan fingerprint density at radius 2 is 1.79 bits per heavy atom. The number of halogens is 2. The number of carbonyl (C=O) groups excluding carboxylic acids is 3. The third kappa shape index (κ3) is 6.46. The molecule has 0 spiro atoms. The van der Waals surface area contributed by atoms with Gasteiger partial charge in [0.2, 0.25) is 0 Å². The molecule has 1 aromatic heterocycles. The molecule has 13 heteroatoms. The molecule has 1 aliphatic rings. The molecule has 1 aliphatic heterocycles. The van der Waals surface area contributed by atoms with Gasteiger partial charge in [0.1, 0.15) is 36.5 Å². The Balaban J connectivity index is 0.00000385. The van der Waals surface area contributed by atoms with E-state index in [1.54, 1.807) is 6.07 Å². The van der Waals surface area contributed by atoms with E-state index in [0.717, 1.165) is 0 Å². The standard InChI is InChI=1S/C20H23FN4O7.ClH/c1-10(26)29-9-16-18(30-11(2)27)17(19(20(22)32-16)31-12(3)28)25-8-15(23-24-25)13-5-4-6-14(21)7-13;/h4-8,16-20H,9,22H2,1-3H3;1H/t16-,17+,18+,19-,20?;/m1./s1. The molecule has 2 heterocycles. The first-order chi connectivity index (χ1) is 15.2. The monoisotopic (exact) mass is 486 g/mol. The predicted octanol–water partition coefficient (Wildman–Crippen LogP) is 1.16. The minimum absolute atomic E-state index is 0. The zero-order chi connectivity index (χ0) is 23.4. The van der Waals surface area contributed by atoms with E-state index >= 15 is 0 Å². The molecule has 0 aliphatic carbocycles. The first-order valence-corrected chi connectivity index (χ1v) is 9.72. The fourth-order valence-corrected chi connectivity index (χ4v) is 3.46. The number of rotatable bonds is 6. The van der Waals surface area contributed by atoms with Crippen LogP contribution < -0.4 is 5.73 Å². The average Bonchev–Trinajstić information content (AvgIpc) is 3.18. The van der Waals surface area contributed by atoms with Gasteiger partial charge in [0.15, 0.2) is 12.2 Å². The van der Waals surface area contributed by atoms with Crippen molar-refractivity contribution in [3.8, 4) is 11.3 Å². The minimum Gasteiger partial charge on any atom is -0.463 e. The van der Waals surface area contributed by atoms with Crippen LogP contribution in [-0.2, 0) is 33.3 Å². The maximum Gasteiger partial charge on any atom is 0.303 e. The van der Waals surface area contributed by atoms with Gasteiger partial charge in [-0.15, -0.1) is 17.5 Å². The van der Waals surface area contributed by atoms with Crippen LogP contribution in [-0.4, -0.2) is 64.0 Å². The van der Waals surface area contributed by atoms with Crippen molar-refractivity contribution in [2.45, 2.75) is 51.4 Å². The van der Waals surface area contributed by atoms with Crippen molar-refractivity contribution in [2.75, 3.05) is 6.61 Å². The molecule has 0 amide bonds. The Morgan fingerprint density at radius 3 is 2.39 bits per heavy atom. The summed E-state index contributed by atoms with van der Waals surface area (Å²) in [6.45, 7) is 3.32. The molecule has 5 atom stereocenters. The molecule has 0 bridgehead atoms. The van der Waals surface area contributed by atoms with Crippen LogP contribution in [0.5, 0.6) is 0 Å². The average molecular weight is 487 g/mol. The molecule has 1 aromatic carbocycles. The Hall–Kier alpha value is -3.09. The number of nitrogens with zero attached hydrogens (tertiary/aromatic N) is 3. The minimum atomic E-state index is -1.15. The molecular weight excluding hydrogens is 463 g/mol. The molecule has 1 saturated heterocycles. The van der Waals surface area contributed by atoms with Crippen LogP contribution in [0.1, 0.15) is 26.8 Å². The summed E-state index contributed by atoms with van der Waals surface area (Å²) in [5, 5.41) is 8.12. The predicted molar refractivity (Wildman–Crippen MR) is 112 cm³/mol. The highest BCUT2D eigenvalue weighted by atomic mass is 35.5. The lowest BCUT2D eigenvalue weighted by Crippen LogP contribution is -2.61. The maximum atomic E-state index is 13.6. The highest BCUT2D eigenvalue weighted by molar-refractivity contribution is 5.85. The van der Waals surface area contributed by atoms with Crippen molar-refractivity contribution in [1.29, 1.82) is 0 Å². The number of benzene rings is 1. The molecule has 1 fully saturated rings. The molecule has 2 N–H and O–H groups in total. The molecule has 11 nitrogen and oxygen atoms in total. The van der Waals surface area contributed by atoms with Gasteiger partial charge >= 0.3 is 17.9 Å². The summed E-state index contributed by atoms with van der Waals surface area (Å²) < 4.78 is 36.4. The summed E-state index contributed by atoms with van der Waals surface area (Å²) in [5.41, 5.74) is 6.87. The third-order valence-corrected chi connectivity index (χ3v) is 4.69. The number of carbonyl (C=O) groups is 3. The SMILES string of the molecule is CC(=O)OC[C@H]1OC(N)[C@H](OC(C)=O)[C@@H](n2cc(-c3cccc(F)c3)nn2)[C@H]1OC(C)=O.Cl. The van der Waals surface area contributed by atoms with Crippen molar-refractivity contribution in [3.63, 3.8) is 0 Å². The van der Waals surface area contributed by atoms with E-state index in [-0.39, 0.29) is 19.0 Å². The third-order valence-electron chi connectivity index (χ3n) is 4.69. The molecule has 180 valence electrons. The molecule has 0 radical (unpaired) electrons. The fraction of sp³-hybridized carbons (Fsp3) is 0.450.